The molecule has 0 radical (unpaired) electrons. The Kier molecular flexibility index (Phi) is 7.24. The number of benzene rings is 2. The smallest absolute Gasteiger partial charge is 0.237 e. The van der Waals surface area contributed by atoms with Gasteiger partial charge in [-0.2, -0.15) is 0 Å². The molecule has 4 nitrogen and oxygen atoms in total. The summed E-state index contributed by atoms with van der Waals surface area (Å²) < 4.78 is 0. The molecule has 3 rings (SSSR count). The topological polar surface area (TPSA) is 35.6 Å². The molecule has 4 heteroatoms. The molecule has 0 aromatic heterocycles. The fourth-order valence-electron chi connectivity index (χ4n) is 3.90. The summed E-state index contributed by atoms with van der Waals surface area (Å²) in [6.07, 6.45) is 0.960. The Morgan fingerprint density at radius 3 is 1.79 bits per heavy atom. The van der Waals surface area contributed by atoms with Crippen molar-refractivity contribution >= 4 is 5.91 Å². The molecular weight excluding hydrogens is 346 g/mol. The maximum absolute atomic E-state index is 12.5. The van der Waals surface area contributed by atoms with Crippen molar-refractivity contribution in [1.82, 2.24) is 15.1 Å². The van der Waals surface area contributed by atoms with E-state index in [1.54, 1.807) is 0 Å². The number of nitrogens with zero attached hydrogens (tertiary/aromatic N) is 2. The van der Waals surface area contributed by atoms with Crippen molar-refractivity contribution in [2.24, 2.45) is 0 Å². The van der Waals surface area contributed by atoms with Gasteiger partial charge in [0.25, 0.3) is 0 Å². The van der Waals surface area contributed by atoms with Gasteiger partial charge in [-0.25, -0.2) is 0 Å². The zero-order valence-corrected chi connectivity index (χ0v) is 17.3. The van der Waals surface area contributed by atoms with Gasteiger partial charge in [-0.3, -0.25) is 14.6 Å². The Balaban J connectivity index is 1.68. The largest absolute Gasteiger partial charge is 0.352 e. The average molecular weight is 380 g/mol. The number of amides is 1. The van der Waals surface area contributed by atoms with E-state index in [1.807, 2.05) is 6.92 Å². The fraction of sp³-hybridized carbons (Fsp3) is 0.458. The summed E-state index contributed by atoms with van der Waals surface area (Å²) in [5.41, 5.74) is 2.65. The lowest BCUT2D eigenvalue weighted by Crippen LogP contribution is -2.55. The first-order chi connectivity index (χ1) is 13.6. The van der Waals surface area contributed by atoms with E-state index in [-0.39, 0.29) is 24.0 Å². The van der Waals surface area contributed by atoms with E-state index in [0.29, 0.717) is 0 Å². The van der Waals surface area contributed by atoms with E-state index >= 15 is 0 Å². The molecule has 1 aliphatic rings. The Labute approximate surface area is 169 Å². The molecule has 1 saturated heterocycles. The number of hydrogen-bond donors (Lipinski definition) is 1. The zero-order valence-electron chi connectivity index (χ0n) is 17.3. The fourth-order valence-corrected chi connectivity index (χ4v) is 3.90. The number of nitrogens with one attached hydrogen (secondary N) is 1. The van der Waals surface area contributed by atoms with Crippen molar-refractivity contribution in [3.63, 3.8) is 0 Å². The van der Waals surface area contributed by atoms with Crippen molar-refractivity contribution in [2.45, 2.75) is 45.3 Å². The van der Waals surface area contributed by atoms with E-state index in [4.69, 9.17) is 0 Å². The van der Waals surface area contributed by atoms with Crippen LogP contribution in [0.5, 0.6) is 0 Å². The van der Waals surface area contributed by atoms with Crippen LogP contribution in [-0.2, 0) is 4.79 Å². The van der Waals surface area contributed by atoms with Crippen LogP contribution in [0.3, 0.4) is 0 Å². The number of piperazine rings is 1. The van der Waals surface area contributed by atoms with Crippen molar-refractivity contribution in [3.8, 4) is 0 Å². The van der Waals surface area contributed by atoms with Crippen molar-refractivity contribution in [3.05, 3.63) is 71.8 Å². The van der Waals surface area contributed by atoms with Gasteiger partial charge in [0.05, 0.1) is 12.1 Å². The van der Waals surface area contributed by atoms with Crippen molar-refractivity contribution in [2.75, 3.05) is 26.2 Å². The summed E-state index contributed by atoms with van der Waals surface area (Å²) in [6.45, 7) is 9.91. The lowest BCUT2D eigenvalue weighted by molar-refractivity contribution is -0.127. The van der Waals surface area contributed by atoms with Crippen LogP contribution in [0.2, 0.25) is 0 Å². The second-order valence-electron chi connectivity index (χ2n) is 7.79. The minimum absolute atomic E-state index is 0.0805. The van der Waals surface area contributed by atoms with Gasteiger partial charge in [0, 0.05) is 32.2 Å². The highest BCUT2D eigenvalue weighted by Gasteiger charge is 2.30. The highest BCUT2D eigenvalue weighted by atomic mass is 16.2. The van der Waals surface area contributed by atoms with Gasteiger partial charge in [0.15, 0.2) is 0 Å². The molecule has 150 valence electrons. The quantitative estimate of drug-likeness (QED) is 0.797. The highest BCUT2D eigenvalue weighted by Crippen LogP contribution is 2.29. The number of rotatable bonds is 7. The van der Waals surface area contributed by atoms with Crippen LogP contribution in [0.4, 0.5) is 0 Å². The van der Waals surface area contributed by atoms with Gasteiger partial charge in [-0.05, 0) is 31.4 Å². The third-order valence-electron chi connectivity index (χ3n) is 5.87. The lowest BCUT2D eigenvalue weighted by atomic mass is 9.96. The van der Waals surface area contributed by atoms with Crippen LogP contribution in [0.1, 0.15) is 44.4 Å². The summed E-state index contributed by atoms with van der Waals surface area (Å²) in [5, 5.41) is 3.12. The summed E-state index contributed by atoms with van der Waals surface area (Å²) in [5.74, 6) is 0.144. The number of carbonyl (C=O) groups excluding carboxylic acids is 1. The molecule has 0 saturated carbocycles. The predicted molar refractivity (Wildman–Crippen MR) is 115 cm³/mol. The maximum atomic E-state index is 12.5. The van der Waals surface area contributed by atoms with Crippen LogP contribution in [0.15, 0.2) is 60.7 Å². The second-order valence-corrected chi connectivity index (χ2v) is 7.79. The molecule has 0 spiro atoms. The molecular formula is C24H33N3O. The van der Waals surface area contributed by atoms with E-state index in [2.05, 4.69) is 89.6 Å². The van der Waals surface area contributed by atoms with E-state index in [1.165, 1.54) is 11.1 Å². The van der Waals surface area contributed by atoms with Crippen LogP contribution < -0.4 is 5.32 Å². The molecule has 2 atom stereocenters. The Bertz CT molecular complexity index is 687. The zero-order chi connectivity index (χ0) is 19.9. The average Bonchev–Trinajstić information content (AvgIpc) is 2.75. The van der Waals surface area contributed by atoms with Crippen molar-refractivity contribution in [1.29, 1.82) is 0 Å². The van der Waals surface area contributed by atoms with Gasteiger partial charge in [-0.15, -0.1) is 0 Å². The van der Waals surface area contributed by atoms with E-state index in [9.17, 15) is 4.79 Å². The molecule has 2 aromatic carbocycles. The van der Waals surface area contributed by atoms with Gasteiger partial charge >= 0.3 is 0 Å². The summed E-state index contributed by atoms with van der Waals surface area (Å²) >= 11 is 0. The summed E-state index contributed by atoms with van der Waals surface area (Å²) in [7, 11) is 0. The third-order valence-corrected chi connectivity index (χ3v) is 5.87. The Morgan fingerprint density at radius 1 is 0.857 bits per heavy atom. The molecule has 0 unspecified atom stereocenters. The first-order valence-corrected chi connectivity index (χ1v) is 10.5. The molecule has 1 aliphatic heterocycles. The summed E-state index contributed by atoms with van der Waals surface area (Å²) in [4.78, 5) is 17.4. The highest BCUT2D eigenvalue weighted by molar-refractivity contribution is 5.81. The van der Waals surface area contributed by atoms with Gasteiger partial charge < -0.3 is 5.32 Å². The summed E-state index contributed by atoms with van der Waals surface area (Å²) in [6, 6.07) is 21.9. The van der Waals surface area contributed by atoms with E-state index in [0.717, 1.165) is 32.6 Å². The van der Waals surface area contributed by atoms with E-state index < -0.39 is 0 Å². The molecule has 28 heavy (non-hydrogen) atoms. The lowest BCUT2D eigenvalue weighted by Gasteiger charge is -2.41. The molecule has 0 bridgehead atoms. The normalized spacial score (nSPS) is 18.0. The van der Waals surface area contributed by atoms with Gasteiger partial charge in [-0.1, -0.05) is 67.6 Å². The number of hydrogen-bond acceptors (Lipinski definition) is 3. The van der Waals surface area contributed by atoms with Crippen LogP contribution in [0, 0.1) is 0 Å². The SMILES string of the molecule is CC[C@@H](C)NC(=O)[C@H](C)N1CCN(C(c2ccccc2)c2ccccc2)CC1. The molecule has 1 N–H and O–H groups in total. The maximum Gasteiger partial charge on any atom is 0.237 e. The minimum Gasteiger partial charge on any atom is -0.352 e. The first-order valence-electron chi connectivity index (χ1n) is 10.5. The first kappa shape index (κ1) is 20.6. The predicted octanol–water partition coefficient (Wildman–Crippen LogP) is 3.70. The van der Waals surface area contributed by atoms with Crippen LogP contribution >= 0.6 is 0 Å². The molecule has 1 fully saturated rings. The Hall–Kier alpha value is -2.17. The molecule has 1 amide bonds. The van der Waals surface area contributed by atoms with Crippen molar-refractivity contribution < 1.29 is 4.79 Å². The molecule has 1 heterocycles. The van der Waals surface area contributed by atoms with Crippen LogP contribution in [0.25, 0.3) is 0 Å². The minimum atomic E-state index is -0.0805. The second kappa shape index (κ2) is 9.85. The Morgan fingerprint density at radius 2 is 1.32 bits per heavy atom. The van der Waals surface area contributed by atoms with Gasteiger partial charge in [0.1, 0.15) is 0 Å². The number of carbonyl (C=O) groups is 1. The third kappa shape index (κ3) is 5.00. The molecule has 0 aliphatic carbocycles. The standard InChI is InChI=1S/C24H33N3O/c1-4-19(2)25-24(28)20(3)26-15-17-27(18-16-26)23(21-11-7-5-8-12-21)22-13-9-6-10-14-22/h5-14,19-20,23H,4,15-18H2,1-3H3,(H,25,28)/t19-,20+/m1/s1. The van der Waals surface area contributed by atoms with Gasteiger partial charge in [0.2, 0.25) is 5.91 Å². The molecule has 2 aromatic rings. The van der Waals surface area contributed by atoms with Crippen LogP contribution in [-0.4, -0.2) is 54.0 Å². The monoisotopic (exact) mass is 379 g/mol.